The van der Waals surface area contributed by atoms with Crippen LogP contribution in [0.15, 0.2) is 188 Å². The smallest absolute Gasteiger partial charge is 0.284 e. The fourth-order valence-corrected chi connectivity index (χ4v) is 15.5. The van der Waals surface area contributed by atoms with Gasteiger partial charge in [0.05, 0.1) is 53.1 Å². The summed E-state index contributed by atoms with van der Waals surface area (Å²) in [5.74, 6) is -1.03. The summed E-state index contributed by atoms with van der Waals surface area (Å²) in [6.45, 7) is 15.5. The molecular formula is C93H104BrN17O9. The van der Waals surface area contributed by atoms with Gasteiger partial charge in [-0.25, -0.2) is 4.89 Å². The maximum absolute atomic E-state index is 11.4. The Morgan fingerprint density at radius 2 is 0.750 bits per heavy atom. The SMILES string of the molecule is C.N#Cc1ccc2[nH]cc(CCCCCOO)c2c1.N#Cc1ccc2[nH]cc(CCCCN3CCN(c4ccc5oc(C(N)=O)cc5c4)CC3)c2c1.N#Cc1ccc2[nH]cc(CCCCN3CCNCC3)c2c1.N#Cc1ccc2[nH]cc(CCCCO)c2c1.NC(=O)c1cc2cc(Br)ccc2o1.NC(=O)c1cc2cc(N3CCNCC3)ccc2o1. The van der Waals surface area contributed by atoms with Crippen LogP contribution in [0.5, 0.6) is 0 Å². The van der Waals surface area contributed by atoms with Crippen molar-refractivity contribution in [2.75, 3.05) is 115 Å². The summed E-state index contributed by atoms with van der Waals surface area (Å²) < 4.78 is 17.0. The lowest BCUT2D eigenvalue weighted by Crippen LogP contribution is -2.46. The predicted molar refractivity (Wildman–Crippen MR) is 476 cm³/mol. The number of unbranched alkanes of at least 4 members (excludes halogenated alkanes) is 5. The quantitative estimate of drug-likeness (QED) is 0.0144. The van der Waals surface area contributed by atoms with Gasteiger partial charge in [0.2, 0.25) is 0 Å². The molecule has 0 bridgehead atoms. The molecule has 622 valence electrons. The van der Waals surface area contributed by atoms with E-state index in [9.17, 15) is 14.4 Å². The van der Waals surface area contributed by atoms with E-state index in [4.69, 9.17) is 61.9 Å². The number of carbonyl (C=O) groups is 3. The summed E-state index contributed by atoms with van der Waals surface area (Å²) in [6, 6.07) is 54.3. The molecule has 7 aromatic heterocycles. The Labute approximate surface area is 705 Å². The van der Waals surface area contributed by atoms with Crippen LogP contribution < -0.4 is 37.6 Å². The van der Waals surface area contributed by atoms with Crippen LogP contribution in [0, 0.1) is 45.3 Å². The highest BCUT2D eigenvalue weighted by Gasteiger charge is 2.21. The van der Waals surface area contributed by atoms with E-state index in [0.29, 0.717) is 40.0 Å². The number of aromatic amines is 4. The summed E-state index contributed by atoms with van der Waals surface area (Å²) in [4.78, 5) is 60.0. The molecule has 0 saturated carbocycles. The van der Waals surface area contributed by atoms with E-state index in [1.807, 2.05) is 128 Å². The first-order chi connectivity index (χ1) is 58.1. The summed E-state index contributed by atoms with van der Waals surface area (Å²) in [5, 5.41) is 66.9. The summed E-state index contributed by atoms with van der Waals surface area (Å²) in [5.41, 5.74) is 32.2. The minimum Gasteiger partial charge on any atom is -0.451 e. The van der Waals surface area contributed by atoms with Crippen molar-refractivity contribution in [2.24, 2.45) is 17.2 Å². The molecule has 0 aliphatic carbocycles. The number of furan rings is 3. The molecular weight excluding hydrogens is 1580 g/mol. The molecule has 3 saturated heterocycles. The lowest BCUT2D eigenvalue weighted by molar-refractivity contribution is -0.242. The molecule has 7 aromatic carbocycles. The summed E-state index contributed by atoms with van der Waals surface area (Å²) in [7, 11) is 0. The number of aromatic nitrogens is 4. The van der Waals surface area contributed by atoms with Gasteiger partial charge in [0.1, 0.15) is 16.7 Å². The number of nitrogens with zero attached hydrogens (tertiary/aromatic N) is 8. The number of anilines is 2. The molecule has 3 aliphatic rings. The zero-order valence-corrected chi connectivity index (χ0v) is 68.2. The molecule has 0 radical (unpaired) electrons. The highest BCUT2D eigenvalue weighted by molar-refractivity contribution is 9.10. The third-order valence-electron chi connectivity index (χ3n) is 21.6. The lowest BCUT2D eigenvalue weighted by atomic mass is 10.0. The third kappa shape index (κ3) is 24.1. The van der Waals surface area contributed by atoms with Crippen LogP contribution in [0.3, 0.4) is 0 Å². The number of piperazine rings is 3. The van der Waals surface area contributed by atoms with Crippen molar-refractivity contribution in [1.82, 2.24) is 40.4 Å². The van der Waals surface area contributed by atoms with Crippen molar-refractivity contribution in [1.29, 1.82) is 21.0 Å². The van der Waals surface area contributed by atoms with Gasteiger partial charge >= 0.3 is 0 Å². The Kier molecular flexibility index (Phi) is 32.6. The van der Waals surface area contributed by atoms with Gasteiger partial charge in [-0.05, 0) is 258 Å². The number of hydrogen-bond acceptors (Lipinski definition) is 19. The number of nitrogens with two attached hydrogens (primary N) is 3. The average molecular weight is 1680 g/mol. The van der Waals surface area contributed by atoms with E-state index in [0.717, 1.165) is 213 Å². The number of aliphatic hydroxyl groups is 1. The van der Waals surface area contributed by atoms with Gasteiger partial charge in [-0.1, -0.05) is 29.8 Å². The van der Waals surface area contributed by atoms with Gasteiger partial charge in [0.25, 0.3) is 17.7 Å². The molecule has 3 fully saturated rings. The molecule has 26 nitrogen and oxygen atoms in total. The maximum Gasteiger partial charge on any atom is 0.284 e. The largest absolute Gasteiger partial charge is 0.451 e. The van der Waals surface area contributed by atoms with Crippen molar-refractivity contribution >= 4 is 122 Å². The first-order valence-electron chi connectivity index (χ1n) is 40.5. The first kappa shape index (κ1) is 88.3. The van der Waals surface area contributed by atoms with Gasteiger partial charge in [-0.15, -0.1) is 0 Å². The Morgan fingerprint density at radius 1 is 0.408 bits per heavy atom. The number of carbonyl (C=O) groups excluding carboxylic acids is 3. The molecule has 17 rings (SSSR count). The number of primary amides is 3. The molecule has 120 heavy (non-hydrogen) atoms. The van der Waals surface area contributed by atoms with E-state index in [1.165, 1.54) is 65.5 Å². The zero-order valence-electron chi connectivity index (χ0n) is 66.6. The normalized spacial score (nSPS) is 13.4. The van der Waals surface area contributed by atoms with Crippen LogP contribution >= 0.6 is 15.9 Å². The Balaban J connectivity index is 0.000000145. The topological polar surface area (TPSA) is 414 Å². The van der Waals surface area contributed by atoms with Crippen LogP contribution in [0.2, 0.25) is 0 Å². The van der Waals surface area contributed by atoms with Crippen LogP contribution in [-0.4, -0.2) is 163 Å². The fraction of sp³-hybridized carbons (Fsp3) is 0.323. The number of H-pyrrole nitrogens is 4. The fourth-order valence-electron chi connectivity index (χ4n) is 15.1. The van der Waals surface area contributed by atoms with Crippen LogP contribution in [0.1, 0.15) is 141 Å². The molecule has 10 heterocycles. The molecule has 14 aromatic rings. The molecule has 27 heteroatoms. The number of hydrogen-bond donors (Lipinski definition) is 11. The van der Waals surface area contributed by atoms with Crippen molar-refractivity contribution in [3.05, 3.63) is 237 Å². The summed E-state index contributed by atoms with van der Waals surface area (Å²) >= 11 is 3.32. The van der Waals surface area contributed by atoms with Gasteiger partial charge in [-0.2, -0.15) is 21.0 Å². The van der Waals surface area contributed by atoms with Crippen molar-refractivity contribution < 1.29 is 42.9 Å². The van der Waals surface area contributed by atoms with E-state index in [1.54, 1.807) is 24.3 Å². The van der Waals surface area contributed by atoms with E-state index < -0.39 is 17.7 Å². The maximum atomic E-state index is 11.4. The average Bonchev–Trinajstić information content (AvgIpc) is 1.92. The third-order valence-corrected chi connectivity index (χ3v) is 22.1. The number of rotatable bonds is 25. The van der Waals surface area contributed by atoms with Gasteiger partial charge < -0.3 is 80.8 Å². The zero-order chi connectivity index (χ0) is 83.4. The number of benzene rings is 7. The van der Waals surface area contributed by atoms with E-state index in [2.05, 4.69) is 114 Å². The lowest BCUT2D eigenvalue weighted by Gasteiger charge is -2.36. The van der Waals surface area contributed by atoms with Crippen molar-refractivity contribution in [3.8, 4) is 24.3 Å². The van der Waals surface area contributed by atoms with Crippen LogP contribution in [0.4, 0.5) is 11.4 Å². The molecule has 0 atom stereocenters. The number of amides is 3. The van der Waals surface area contributed by atoms with E-state index >= 15 is 0 Å². The molecule has 0 unspecified atom stereocenters. The highest BCUT2D eigenvalue weighted by Crippen LogP contribution is 2.31. The first-order valence-corrected chi connectivity index (χ1v) is 41.3. The predicted octanol–water partition coefficient (Wildman–Crippen LogP) is 15.8. The Morgan fingerprint density at radius 3 is 1.12 bits per heavy atom. The minimum absolute atomic E-state index is 0. The number of halogens is 1. The second kappa shape index (κ2) is 44.3. The molecule has 3 aliphatic heterocycles. The van der Waals surface area contributed by atoms with Gasteiger partial charge in [-0.3, -0.25) is 24.5 Å². The Bertz CT molecular complexity index is 5920. The standard InChI is InChI=1S/C26H27N5O2.C17H22N4.C14H16N2O2.C13H15N3O2.C13H14N2O.C9H6BrNO2.CH4/c27-16-18-4-6-23-22(13-18)19(17-29-23)3-1-2-8-30-9-11-31(12-10-30)21-5-7-24-20(14-21)15-25(33-24)26(28)32;18-12-14-4-5-17-16(11-14)15(13-20-17)3-1-2-8-21-9-6-19-7-10-21;15-9-11-5-6-14-13(8-11)12(10-16-14)4-2-1-3-7-18-17;14-13(17)12-8-9-7-10(1-2-11(9)18-12)16-5-3-15-4-6-16;14-8-10-4-5-13-12(7-10)11(9-15-13)3-1-2-6-16;10-6-1-2-7-5(3-6)4-8(13-7)9(11)12;/h4-7,13-15,17,29H,1-3,8-12H2,(H2,28,32);4-5,11,13,19-20H,1-3,6-10H2;5-6,8,10,16-17H,1-4,7H2;1-2,7-8,15H,3-6H2,(H2,14,17);4-5,7,9,15-16H,1-3,6H2;1-4H,(H2,11,12);1H4. The van der Waals surface area contributed by atoms with Gasteiger partial charge in [0.15, 0.2) is 17.3 Å². The molecule has 14 N–H and O–H groups in total. The number of nitrogens with one attached hydrogen (secondary N) is 6. The second-order valence-corrected chi connectivity index (χ2v) is 30.6. The molecule has 3 amide bonds. The van der Waals surface area contributed by atoms with Crippen molar-refractivity contribution in [2.45, 2.75) is 90.9 Å². The Hall–Kier alpha value is -12.5. The van der Waals surface area contributed by atoms with Gasteiger partial charge in [0, 0.05) is 186 Å². The minimum atomic E-state index is -0.549. The van der Waals surface area contributed by atoms with Crippen molar-refractivity contribution in [3.63, 3.8) is 0 Å². The number of fused-ring (bicyclic) bond motifs is 7. The summed E-state index contributed by atoms with van der Waals surface area (Å²) in [6.07, 6.45) is 21.6. The number of aryl methyl sites for hydroxylation is 4. The van der Waals surface area contributed by atoms with Crippen LogP contribution in [0.25, 0.3) is 76.5 Å². The number of nitriles is 4. The monoisotopic (exact) mass is 1680 g/mol. The second-order valence-electron chi connectivity index (χ2n) is 29.7. The number of aliphatic hydroxyl groups excluding tert-OH is 1. The van der Waals surface area contributed by atoms with E-state index in [-0.39, 0.29) is 31.3 Å². The highest BCUT2D eigenvalue weighted by atomic mass is 79.9. The molecule has 0 spiro atoms. The van der Waals surface area contributed by atoms with Crippen LogP contribution in [-0.2, 0) is 30.6 Å².